The van der Waals surface area contributed by atoms with Crippen molar-refractivity contribution in [3.05, 3.63) is 46.0 Å². The molecule has 0 unspecified atom stereocenters. The number of hydrogen-bond donors (Lipinski definition) is 2. The zero-order valence-corrected chi connectivity index (χ0v) is 9.00. The Bertz CT molecular complexity index is 443. The Kier molecular flexibility index (Phi) is 4.68. The van der Waals surface area contributed by atoms with Crippen LogP contribution < -0.4 is 5.32 Å². The van der Waals surface area contributed by atoms with Gasteiger partial charge in [0, 0.05) is 18.7 Å². The van der Waals surface area contributed by atoms with Crippen molar-refractivity contribution in [3.8, 4) is 0 Å². The average Bonchev–Trinajstić information content (AvgIpc) is 2.28. The summed E-state index contributed by atoms with van der Waals surface area (Å²) in [6, 6.07) is 6.23. The molecule has 0 heterocycles. The number of benzene rings is 1. The minimum Gasteiger partial charge on any atom is -0.465 e. The quantitative estimate of drug-likeness (QED) is 0.466. The monoisotopic (exact) mass is 236 g/mol. The molecule has 0 radical (unpaired) electrons. The second-order valence-electron chi connectivity index (χ2n) is 3.28. The number of amides is 1. The fourth-order valence-corrected chi connectivity index (χ4v) is 1.22. The van der Waals surface area contributed by atoms with E-state index in [1.807, 2.05) is 0 Å². The summed E-state index contributed by atoms with van der Waals surface area (Å²) in [6.07, 6.45) is 2.95. The van der Waals surface area contributed by atoms with Gasteiger partial charge in [0.05, 0.1) is 4.92 Å². The van der Waals surface area contributed by atoms with E-state index in [1.165, 1.54) is 12.1 Å². The number of carboxylic acid groups (broad SMARTS) is 1. The lowest BCUT2D eigenvalue weighted by molar-refractivity contribution is -0.384. The number of non-ortho nitro benzene ring substituents is 1. The molecule has 6 heteroatoms. The molecule has 90 valence electrons. The van der Waals surface area contributed by atoms with Gasteiger partial charge in [-0.05, 0) is 12.0 Å². The third-order valence-corrected chi connectivity index (χ3v) is 1.98. The zero-order chi connectivity index (χ0) is 12.7. The maximum Gasteiger partial charge on any atom is 0.404 e. The van der Waals surface area contributed by atoms with Crippen molar-refractivity contribution in [3.63, 3.8) is 0 Å². The smallest absolute Gasteiger partial charge is 0.404 e. The summed E-state index contributed by atoms with van der Waals surface area (Å²) in [5.74, 6) is 0. The summed E-state index contributed by atoms with van der Waals surface area (Å²) in [4.78, 5) is 20.2. The van der Waals surface area contributed by atoms with Gasteiger partial charge < -0.3 is 10.4 Å². The first kappa shape index (κ1) is 12.7. The molecule has 2 N–H and O–H groups in total. The summed E-state index contributed by atoms with van der Waals surface area (Å²) >= 11 is 0. The van der Waals surface area contributed by atoms with Gasteiger partial charge in [0.25, 0.3) is 5.69 Å². The molecule has 0 aromatic heterocycles. The lowest BCUT2D eigenvalue weighted by Gasteiger charge is -1.96. The van der Waals surface area contributed by atoms with Crippen LogP contribution in [0.5, 0.6) is 0 Å². The van der Waals surface area contributed by atoms with Crippen LogP contribution in [0, 0.1) is 10.1 Å². The van der Waals surface area contributed by atoms with E-state index in [0.29, 0.717) is 13.0 Å². The van der Waals surface area contributed by atoms with Crippen LogP contribution in [0.2, 0.25) is 0 Å². The molecule has 1 aromatic carbocycles. The standard InChI is InChI=1S/C11H12N2O4/c14-11(15)12-7-2-1-4-9-5-3-6-10(8-9)13(16)17/h1,3-6,8,12H,2,7H2,(H,14,15). The molecule has 0 aliphatic carbocycles. The highest BCUT2D eigenvalue weighted by molar-refractivity contribution is 5.64. The molecule has 1 rings (SSSR count). The van der Waals surface area contributed by atoms with Gasteiger partial charge in [-0.1, -0.05) is 24.3 Å². The Morgan fingerprint density at radius 2 is 2.29 bits per heavy atom. The predicted molar refractivity (Wildman–Crippen MR) is 62.8 cm³/mol. The summed E-state index contributed by atoms with van der Waals surface area (Å²) in [5.41, 5.74) is 0.755. The average molecular weight is 236 g/mol. The highest BCUT2D eigenvalue weighted by Gasteiger charge is 2.03. The van der Waals surface area contributed by atoms with Crippen LogP contribution in [0.15, 0.2) is 30.3 Å². The van der Waals surface area contributed by atoms with E-state index in [9.17, 15) is 14.9 Å². The van der Waals surface area contributed by atoms with E-state index in [1.54, 1.807) is 24.3 Å². The van der Waals surface area contributed by atoms with Crippen LogP contribution in [0.25, 0.3) is 6.08 Å². The largest absolute Gasteiger partial charge is 0.465 e. The van der Waals surface area contributed by atoms with E-state index in [0.717, 1.165) is 5.56 Å². The van der Waals surface area contributed by atoms with Gasteiger partial charge in [0.1, 0.15) is 0 Å². The number of hydrogen-bond acceptors (Lipinski definition) is 3. The van der Waals surface area contributed by atoms with Gasteiger partial charge in [-0.3, -0.25) is 10.1 Å². The first-order valence-corrected chi connectivity index (χ1v) is 4.97. The Morgan fingerprint density at radius 3 is 2.94 bits per heavy atom. The summed E-state index contributed by atoms with van der Waals surface area (Å²) in [5, 5.41) is 21.0. The zero-order valence-electron chi connectivity index (χ0n) is 9.00. The molecule has 1 amide bonds. The lowest BCUT2D eigenvalue weighted by Crippen LogP contribution is -2.21. The van der Waals surface area contributed by atoms with E-state index in [-0.39, 0.29) is 5.69 Å². The number of carbonyl (C=O) groups is 1. The van der Waals surface area contributed by atoms with Crippen LogP contribution in [-0.4, -0.2) is 22.7 Å². The molecule has 6 nitrogen and oxygen atoms in total. The van der Waals surface area contributed by atoms with Crippen molar-refractivity contribution in [2.75, 3.05) is 6.54 Å². The van der Waals surface area contributed by atoms with E-state index in [2.05, 4.69) is 5.32 Å². The molecule has 0 saturated heterocycles. The predicted octanol–water partition coefficient (Wildman–Crippen LogP) is 2.27. The molecule has 1 aromatic rings. The SMILES string of the molecule is O=C(O)NCCC=Cc1cccc([N+](=O)[O-])c1. The third-order valence-electron chi connectivity index (χ3n) is 1.98. The second-order valence-corrected chi connectivity index (χ2v) is 3.28. The summed E-state index contributed by atoms with van der Waals surface area (Å²) in [6.45, 7) is 0.320. The molecule has 0 bridgehead atoms. The van der Waals surface area contributed by atoms with Crippen LogP contribution in [0.3, 0.4) is 0 Å². The first-order valence-electron chi connectivity index (χ1n) is 4.97. The van der Waals surface area contributed by atoms with Gasteiger partial charge in [-0.2, -0.15) is 0 Å². The van der Waals surface area contributed by atoms with Crippen LogP contribution in [-0.2, 0) is 0 Å². The molecule has 17 heavy (non-hydrogen) atoms. The maximum atomic E-state index is 10.5. The van der Waals surface area contributed by atoms with Gasteiger partial charge in [0.2, 0.25) is 0 Å². The number of nitro groups is 1. The normalized spacial score (nSPS) is 10.4. The first-order chi connectivity index (χ1) is 8.09. The van der Waals surface area contributed by atoms with Gasteiger partial charge >= 0.3 is 6.09 Å². The van der Waals surface area contributed by atoms with E-state index < -0.39 is 11.0 Å². The molecule has 0 saturated carbocycles. The van der Waals surface area contributed by atoms with Gasteiger partial charge in [0.15, 0.2) is 0 Å². The maximum absolute atomic E-state index is 10.5. The second kappa shape index (κ2) is 6.26. The summed E-state index contributed by atoms with van der Waals surface area (Å²) in [7, 11) is 0. The molecular formula is C11H12N2O4. The Hall–Kier alpha value is -2.37. The van der Waals surface area contributed by atoms with Crippen molar-refractivity contribution in [2.45, 2.75) is 6.42 Å². The van der Waals surface area contributed by atoms with Crippen molar-refractivity contribution >= 4 is 17.9 Å². The molecule has 0 aliphatic heterocycles. The van der Waals surface area contributed by atoms with E-state index in [4.69, 9.17) is 5.11 Å². The van der Waals surface area contributed by atoms with Gasteiger partial charge in [-0.25, -0.2) is 4.79 Å². The van der Waals surface area contributed by atoms with Crippen LogP contribution in [0.4, 0.5) is 10.5 Å². The van der Waals surface area contributed by atoms with Crippen molar-refractivity contribution in [1.82, 2.24) is 5.32 Å². The molecule has 0 fully saturated rings. The molecule has 0 spiro atoms. The van der Waals surface area contributed by atoms with Gasteiger partial charge in [-0.15, -0.1) is 0 Å². The third kappa shape index (κ3) is 4.78. The Morgan fingerprint density at radius 1 is 1.53 bits per heavy atom. The van der Waals surface area contributed by atoms with E-state index >= 15 is 0 Å². The van der Waals surface area contributed by atoms with Crippen LogP contribution >= 0.6 is 0 Å². The minimum atomic E-state index is -1.06. The lowest BCUT2D eigenvalue weighted by atomic mass is 10.2. The number of rotatable bonds is 5. The Balaban J connectivity index is 2.50. The highest BCUT2D eigenvalue weighted by atomic mass is 16.6. The Labute approximate surface area is 97.7 Å². The van der Waals surface area contributed by atoms with Crippen molar-refractivity contribution in [1.29, 1.82) is 0 Å². The number of nitro benzene ring substituents is 1. The molecule has 0 aliphatic rings. The molecule has 0 atom stereocenters. The van der Waals surface area contributed by atoms with Crippen molar-refractivity contribution < 1.29 is 14.8 Å². The minimum absolute atomic E-state index is 0.0378. The molecular weight excluding hydrogens is 224 g/mol. The summed E-state index contributed by atoms with van der Waals surface area (Å²) < 4.78 is 0. The number of nitrogens with zero attached hydrogens (tertiary/aromatic N) is 1. The topological polar surface area (TPSA) is 92.5 Å². The fourth-order valence-electron chi connectivity index (χ4n) is 1.22. The number of nitrogens with one attached hydrogen (secondary N) is 1. The van der Waals surface area contributed by atoms with Crippen LogP contribution in [0.1, 0.15) is 12.0 Å². The van der Waals surface area contributed by atoms with Crippen molar-refractivity contribution in [2.24, 2.45) is 0 Å². The fraction of sp³-hybridized carbons (Fsp3) is 0.182. The highest BCUT2D eigenvalue weighted by Crippen LogP contribution is 2.14.